The molecule has 0 N–H and O–H groups in total. The predicted molar refractivity (Wildman–Crippen MR) is 46.3 cm³/mol. The van der Waals surface area contributed by atoms with Crippen molar-refractivity contribution < 1.29 is 18.2 Å². The zero-order valence-electron chi connectivity index (χ0n) is 6.25. The summed E-state index contributed by atoms with van der Waals surface area (Å²) in [6.07, 6.45) is 8.52. The minimum atomic E-state index is 0.941. The van der Waals surface area contributed by atoms with Crippen LogP contribution in [-0.4, -0.2) is 0 Å². The van der Waals surface area contributed by atoms with Gasteiger partial charge in [0.05, 0.1) is 0 Å². The van der Waals surface area contributed by atoms with Gasteiger partial charge in [-0.15, -0.1) is 0 Å². The van der Waals surface area contributed by atoms with E-state index in [4.69, 9.17) is 0 Å². The summed E-state index contributed by atoms with van der Waals surface area (Å²) in [6, 6.07) is 0. The second kappa shape index (κ2) is 7.10. The second-order valence-corrected chi connectivity index (χ2v) is 2.34. The molecular formula is C9H11ClPd+. The van der Waals surface area contributed by atoms with Gasteiger partial charge in [0.15, 0.2) is 0 Å². The van der Waals surface area contributed by atoms with Crippen LogP contribution >= 0.6 is 9.53 Å². The van der Waals surface area contributed by atoms with Crippen LogP contribution < -0.4 is 0 Å². The molecule has 0 heterocycles. The summed E-state index contributed by atoms with van der Waals surface area (Å²) in [6.45, 7) is 7.47. The van der Waals surface area contributed by atoms with Gasteiger partial charge in [0.25, 0.3) is 0 Å². The van der Waals surface area contributed by atoms with Crippen LogP contribution in [0, 0.1) is 19.8 Å². The van der Waals surface area contributed by atoms with Gasteiger partial charge in [-0.1, -0.05) is 23.8 Å². The van der Waals surface area contributed by atoms with Gasteiger partial charge in [0, 0.05) is 0 Å². The normalized spacial score (nSPS) is 14.5. The fourth-order valence-electron chi connectivity index (χ4n) is 0.927. The van der Waals surface area contributed by atoms with Gasteiger partial charge in [-0.2, -0.15) is 0 Å². The van der Waals surface area contributed by atoms with Gasteiger partial charge >= 0.3 is 27.7 Å². The SMILES string of the molecule is [CH2][C]([CH2])CC1=CCC=C1.[Cl][Pd+]. The van der Waals surface area contributed by atoms with Crippen LogP contribution in [0.25, 0.3) is 0 Å². The van der Waals surface area contributed by atoms with E-state index in [1.165, 1.54) is 5.57 Å². The van der Waals surface area contributed by atoms with E-state index < -0.39 is 0 Å². The first-order valence-corrected chi connectivity index (χ1v) is 5.26. The molecule has 0 fully saturated rings. The van der Waals surface area contributed by atoms with Gasteiger partial charge in [0.1, 0.15) is 0 Å². The number of hydrogen-bond donors (Lipinski definition) is 0. The Hall–Kier alpha value is 0.432. The van der Waals surface area contributed by atoms with E-state index in [0.29, 0.717) is 0 Å². The van der Waals surface area contributed by atoms with Gasteiger partial charge in [-0.05, 0) is 32.6 Å². The van der Waals surface area contributed by atoms with E-state index in [9.17, 15) is 0 Å². The Morgan fingerprint density at radius 1 is 1.55 bits per heavy atom. The van der Waals surface area contributed by atoms with Crippen molar-refractivity contribution in [2.75, 3.05) is 0 Å². The van der Waals surface area contributed by atoms with Crippen molar-refractivity contribution in [3.05, 3.63) is 43.6 Å². The van der Waals surface area contributed by atoms with Gasteiger partial charge in [-0.3, -0.25) is 0 Å². The zero-order chi connectivity index (χ0) is 8.69. The fourth-order valence-corrected chi connectivity index (χ4v) is 0.927. The van der Waals surface area contributed by atoms with E-state index in [0.717, 1.165) is 18.8 Å². The summed E-state index contributed by atoms with van der Waals surface area (Å²) >= 11 is 2.22. The number of halogens is 1. The van der Waals surface area contributed by atoms with E-state index in [1.54, 1.807) is 0 Å². The molecule has 0 saturated heterocycles. The minimum absolute atomic E-state index is 0.941. The Bertz CT molecular complexity index is 148. The van der Waals surface area contributed by atoms with Crippen molar-refractivity contribution >= 4 is 9.53 Å². The second-order valence-electron chi connectivity index (χ2n) is 2.34. The molecule has 1 rings (SSSR count). The molecule has 0 aliphatic heterocycles. The van der Waals surface area contributed by atoms with Crippen molar-refractivity contribution in [1.82, 2.24) is 0 Å². The molecule has 0 amide bonds. The predicted octanol–water partition coefficient (Wildman–Crippen LogP) is 3.19. The van der Waals surface area contributed by atoms with E-state index in [-0.39, 0.29) is 0 Å². The summed E-state index contributed by atoms with van der Waals surface area (Å²) < 4.78 is 0. The van der Waals surface area contributed by atoms with Crippen molar-refractivity contribution in [1.29, 1.82) is 0 Å². The topological polar surface area (TPSA) is 0 Å². The molecule has 0 aromatic heterocycles. The molecule has 0 aromatic rings. The zero-order valence-corrected chi connectivity index (χ0v) is 8.57. The van der Waals surface area contributed by atoms with Crippen molar-refractivity contribution in [2.45, 2.75) is 12.8 Å². The Balaban J connectivity index is 0.000000461. The summed E-state index contributed by atoms with van der Waals surface area (Å²) in [5.74, 6) is 0.993. The Morgan fingerprint density at radius 2 is 2.18 bits per heavy atom. The van der Waals surface area contributed by atoms with Crippen molar-refractivity contribution in [2.24, 2.45) is 0 Å². The standard InChI is InChI=1S/C9H11.ClH.Pd/c1-8(2)7-9-5-3-4-6-9;;/h3,5-6H,1-2,4,7H2;1H;/q;;+2/p-1. The molecule has 0 atom stereocenters. The average Bonchev–Trinajstić information content (AvgIpc) is 2.43. The fraction of sp³-hybridized carbons (Fsp3) is 0.222. The summed E-state index contributed by atoms with van der Waals surface area (Å²) in [5, 5.41) is 0. The van der Waals surface area contributed by atoms with Crippen molar-refractivity contribution in [3.8, 4) is 0 Å². The summed E-state index contributed by atoms with van der Waals surface area (Å²) in [4.78, 5) is 0. The number of hydrogen-bond acceptors (Lipinski definition) is 0. The maximum absolute atomic E-state index is 4.49. The van der Waals surface area contributed by atoms with Crippen molar-refractivity contribution in [3.63, 3.8) is 0 Å². The Labute approximate surface area is 84.1 Å². The molecule has 2 heteroatoms. The van der Waals surface area contributed by atoms with E-state index in [1.807, 2.05) is 0 Å². The first kappa shape index (κ1) is 11.4. The van der Waals surface area contributed by atoms with Crippen LogP contribution in [0.4, 0.5) is 0 Å². The van der Waals surface area contributed by atoms with Crippen LogP contribution in [0.15, 0.2) is 23.8 Å². The molecule has 0 unspecified atom stereocenters. The first-order chi connectivity index (χ1) is 5.29. The first-order valence-electron chi connectivity index (χ1n) is 3.26. The molecule has 0 aromatic carbocycles. The van der Waals surface area contributed by atoms with E-state index in [2.05, 4.69) is 59.8 Å². The molecule has 0 bridgehead atoms. The summed E-state index contributed by atoms with van der Waals surface area (Å²) in [7, 11) is 4.49. The molecule has 11 heavy (non-hydrogen) atoms. The molecule has 63 valence electrons. The van der Waals surface area contributed by atoms with E-state index >= 15 is 0 Å². The Kier molecular flexibility index (Phi) is 7.38. The molecule has 1 aliphatic carbocycles. The summed E-state index contributed by atoms with van der Waals surface area (Å²) in [5.41, 5.74) is 1.36. The molecular weight excluding hydrogens is 250 g/mol. The molecule has 3 radical (unpaired) electrons. The van der Waals surface area contributed by atoms with Crippen LogP contribution in [0.2, 0.25) is 0 Å². The average molecular weight is 261 g/mol. The van der Waals surface area contributed by atoms with Crippen LogP contribution in [0.3, 0.4) is 0 Å². The number of rotatable bonds is 2. The Morgan fingerprint density at radius 3 is 2.55 bits per heavy atom. The van der Waals surface area contributed by atoms with Crippen LogP contribution in [0.5, 0.6) is 0 Å². The third kappa shape index (κ3) is 5.68. The maximum atomic E-state index is 4.49. The number of allylic oxidation sites excluding steroid dienone is 4. The van der Waals surface area contributed by atoms with Crippen LogP contribution in [-0.2, 0) is 18.2 Å². The quantitative estimate of drug-likeness (QED) is 0.669. The molecule has 0 spiro atoms. The molecule has 1 aliphatic rings. The van der Waals surface area contributed by atoms with Gasteiger partial charge in [0.2, 0.25) is 0 Å². The molecule has 0 nitrogen and oxygen atoms in total. The third-order valence-electron chi connectivity index (χ3n) is 1.30. The van der Waals surface area contributed by atoms with Crippen LogP contribution in [0.1, 0.15) is 12.8 Å². The molecule has 0 saturated carbocycles. The van der Waals surface area contributed by atoms with Gasteiger partial charge < -0.3 is 0 Å². The third-order valence-corrected chi connectivity index (χ3v) is 1.30. The monoisotopic (exact) mass is 260 g/mol. The van der Waals surface area contributed by atoms with Gasteiger partial charge in [-0.25, -0.2) is 0 Å².